The van der Waals surface area contributed by atoms with Crippen LogP contribution in [-0.2, 0) is 19.2 Å². The van der Waals surface area contributed by atoms with Gasteiger partial charge in [-0.2, -0.15) is 0 Å². The number of hydrogen-bond acceptors (Lipinski definition) is 8. The summed E-state index contributed by atoms with van der Waals surface area (Å²) in [4.78, 5) is 51.1. The molecule has 0 aliphatic rings. The van der Waals surface area contributed by atoms with Crippen molar-refractivity contribution in [2.45, 2.75) is 57.0 Å². The number of aliphatic hydroxyl groups is 2. The van der Waals surface area contributed by atoms with Crippen molar-refractivity contribution in [1.82, 2.24) is 16.0 Å². The molecule has 172 valence electrons. The van der Waals surface area contributed by atoms with Gasteiger partial charge < -0.3 is 48.5 Å². The maximum absolute atomic E-state index is 12.4. The summed E-state index contributed by atoms with van der Waals surface area (Å²) in [6, 6.07) is -4.01. The van der Waals surface area contributed by atoms with E-state index in [1.165, 1.54) is 13.8 Å². The zero-order chi connectivity index (χ0) is 23.4. The monoisotopic (exact) mass is 433 g/mol. The Bertz CT molecular complexity index is 635. The molecule has 0 saturated carbocycles. The van der Waals surface area contributed by atoms with Crippen LogP contribution in [0.1, 0.15) is 26.7 Å². The Hall–Kier alpha value is -2.97. The quantitative estimate of drug-likeness (QED) is 0.0761. The molecule has 0 aromatic heterocycles. The molecule has 0 heterocycles. The van der Waals surface area contributed by atoms with Crippen LogP contribution in [-0.4, -0.2) is 88.4 Å². The van der Waals surface area contributed by atoms with Gasteiger partial charge in [-0.05, 0) is 26.7 Å². The molecule has 0 bridgehead atoms. The Labute approximate surface area is 173 Å². The van der Waals surface area contributed by atoms with E-state index < -0.39 is 60.6 Å². The average molecular weight is 433 g/mol. The van der Waals surface area contributed by atoms with Crippen LogP contribution in [0.5, 0.6) is 0 Å². The molecule has 14 heteroatoms. The highest BCUT2D eigenvalue weighted by Gasteiger charge is 2.29. The highest BCUT2D eigenvalue weighted by Crippen LogP contribution is 2.02. The molecule has 0 aliphatic carbocycles. The van der Waals surface area contributed by atoms with Crippen molar-refractivity contribution in [3.05, 3.63) is 0 Å². The van der Waals surface area contributed by atoms with E-state index in [1.54, 1.807) is 0 Å². The molecule has 5 unspecified atom stereocenters. The van der Waals surface area contributed by atoms with E-state index in [2.05, 4.69) is 20.9 Å². The number of nitrogens with zero attached hydrogens (tertiary/aromatic N) is 1. The summed E-state index contributed by atoms with van der Waals surface area (Å²) in [6.45, 7) is 2.12. The molecule has 30 heavy (non-hydrogen) atoms. The Balaban J connectivity index is 5.04. The van der Waals surface area contributed by atoms with Gasteiger partial charge in [0.2, 0.25) is 17.7 Å². The van der Waals surface area contributed by atoms with Crippen LogP contribution in [0.4, 0.5) is 0 Å². The van der Waals surface area contributed by atoms with Crippen molar-refractivity contribution < 1.29 is 34.5 Å². The fourth-order valence-electron chi connectivity index (χ4n) is 2.16. The van der Waals surface area contributed by atoms with E-state index in [9.17, 15) is 29.4 Å². The SMILES string of the molecule is CC(O)C(N)C(=O)NCC(=O)NC(CCCN=C(N)N)C(=O)NC(C(=O)O)C(C)O. The third-order valence-corrected chi connectivity index (χ3v) is 3.89. The van der Waals surface area contributed by atoms with Crippen LogP contribution in [0.15, 0.2) is 4.99 Å². The molecule has 0 aromatic carbocycles. The molecule has 0 saturated heterocycles. The van der Waals surface area contributed by atoms with Crippen molar-refractivity contribution in [2.75, 3.05) is 13.1 Å². The highest BCUT2D eigenvalue weighted by atomic mass is 16.4. The van der Waals surface area contributed by atoms with Gasteiger partial charge in [0.25, 0.3) is 0 Å². The Morgan fingerprint density at radius 1 is 1.00 bits per heavy atom. The third kappa shape index (κ3) is 10.5. The van der Waals surface area contributed by atoms with Crippen molar-refractivity contribution >= 4 is 29.7 Å². The molecule has 0 aromatic rings. The van der Waals surface area contributed by atoms with Gasteiger partial charge in [0.05, 0.1) is 18.8 Å². The lowest BCUT2D eigenvalue weighted by atomic mass is 10.1. The molecule has 0 aliphatic heterocycles. The summed E-state index contributed by atoms with van der Waals surface area (Å²) in [5, 5.41) is 34.6. The first kappa shape index (κ1) is 27.0. The van der Waals surface area contributed by atoms with Crippen LogP contribution in [0.3, 0.4) is 0 Å². The van der Waals surface area contributed by atoms with Gasteiger partial charge in [-0.1, -0.05) is 0 Å². The number of nitrogens with one attached hydrogen (secondary N) is 3. The van der Waals surface area contributed by atoms with Gasteiger partial charge in [-0.15, -0.1) is 0 Å². The number of hydrogen-bond donors (Lipinski definition) is 9. The van der Waals surface area contributed by atoms with Crippen molar-refractivity contribution in [1.29, 1.82) is 0 Å². The minimum absolute atomic E-state index is 0.0433. The zero-order valence-corrected chi connectivity index (χ0v) is 16.9. The van der Waals surface area contributed by atoms with Gasteiger partial charge in [0.1, 0.15) is 12.1 Å². The summed E-state index contributed by atoms with van der Waals surface area (Å²) < 4.78 is 0. The van der Waals surface area contributed by atoms with Crippen LogP contribution >= 0.6 is 0 Å². The fourth-order valence-corrected chi connectivity index (χ4v) is 2.16. The number of aliphatic imine (C=N–C) groups is 1. The standard InChI is InChI=1S/C16H31N7O7/c1-7(24)11(17)14(28)21-6-10(26)22-9(4-3-5-20-16(18)19)13(27)23-12(8(2)25)15(29)30/h7-9,11-12,24-25H,3-6,17H2,1-2H3,(H,21,28)(H,22,26)(H,23,27)(H,29,30)(H4,18,19,20). The number of nitrogens with two attached hydrogens (primary N) is 3. The second kappa shape index (κ2) is 13.3. The number of carboxylic acid groups (broad SMARTS) is 1. The van der Waals surface area contributed by atoms with E-state index in [0.717, 1.165) is 0 Å². The second-order valence-electron chi connectivity index (χ2n) is 6.62. The van der Waals surface area contributed by atoms with Gasteiger partial charge in [-0.3, -0.25) is 19.4 Å². The van der Waals surface area contributed by atoms with E-state index in [4.69, 9.17) is 22.3 Å². The Kier molecular flexibility index (Phi) is 12.0. The summed E-state index contributed by atoms with van der Waals surface area (Å²) in [7, 11) is 0. The van der Waals surface area contributed by atoms with Crippen molar-refractivity contribution in [3.63, 3.8) is 0 Å². The number of carbonyl (C=O) groups excluding carboxylic acids is 3. The lowest BCUT2D eigenvalue weighted by Crippen LogP contribution is -2.56. The number of guanidine groups is 1. The molecule has 5 atom stereocenters. The van der Waals surface area contributed by atoms with Crippen LogP contribution in [0.25, 0.3) is 0 Å². The molecule has 12 N–H and O–H groups in total. The number of aliphatic carboxylic acids is 1. The first-order valence-electron chi connectivity index (χ1n) is 9.14. The number of carboxylic acids is 1. The molecule has 0 rings (SSSR count). The van der Waals surface area contributed by atoms with Crippen molar-refractivity contribution in [3.8, 4) is 0 Å². The lowest BCUT2D eigenvalue weighted by molar-refractivity contribution is -0.145. The Morgan fingerprint density at radius 2 is 1.60 bits per heavy atom. The normalized spacial score (nSPS) is 15.6. The molecule has 3 amide bonds. The van der Waals surface area contributed by atoms with Gasteiger partial charge in [-0.25, -0.2) is 4.79 Å². The smallest absolute Gasteiger partial charge is 0.328 e. The fraction of sp³-hybridized carbons (Fsp3) is 0.688. The van der Waals surface area contributed by atoms with Gasteiger partial charge >= 0.3 is 5.97 Å². The largest absolute Gasteiger partial charge is 0.480 e. The predicted molar refractivity (Wildman–Crippen MR) is 106 cm³/mol. The maximum atomic E-state index is 12.4. The van der Waals surface area contributed by atoms with E-state index in [-0.39, 0.29) is 25.3 Å². The third-order valence-electron chi connectivity index (χ3n) is 3.89. The number of carbonyl (C=O) groups is 4. The summed E-state index contributed by atoms with van der Waals surface area (Å²) in [5.74, 6) is -3.99. The number of rotatable bonds is 13. The van der Waals surface area contributed by atoms with Crippen molar-refractivity contribution in [2.24, 2.45) is 22.2 Å². The topological polar surface area (TPSA) is 255 Å². The minimum atomic E-state index is -1.58. The van der Waals surface area contributed by atoms with Crippen LogP contribution < -0.4 is 33.2 Å². The molecular weight excluding hydrogens is 402 g/mol. The van der Waals surface area contributed by atoms with E-state index >= 15 is 0 Å². The summed E-state index contributed by atoms with van der Waals surface area (Å²) in [6.07, 6.45) is -2.20. The minimum Gasteiger partial charge on any atom is -0.480 e. The van der Waals surface area contributed by atoms with Crippen LogP contribution in [0.2, 0.25) is 0 Å². The molecular formula is C16H31N7O7. The zero-order valence-electron chi connectivity index (χ0n) is 16.9. The maximum Gasteiger partial charge on any atom is 0.328 e. The van der Waals surface area contributed by atoms with Gasteiger partial charge in [0, 0.05) is 6.54 Å². The number of amides is 3. The summed E-state index contributed by atoms with van der Waals surface area (Å²) >= 11 is 0. The van der Waals surface area contributed by atoms with E-state index in [0.29, 0.717) is 0 Å². The predicted octanol–water partition coefficient (Wildman–Crippen LogP) is -4.70. The molecule has 0 radical (unpaired) electrons. The average Bonchev–Trinajstić information content (AvgIpc) is 2.64. The lowest BCUT2D eigenvalue weighted by Gasteiger charge is -2.23. The van der Waals surface area contributed by atoms with E-state index in [1.807, 2.05) is 0 Å². The Morgan fingerprint density at radius 3 is 2.07 bits per heavy atom. The second-order valence-corrected chi connectivity index (χ2v) is 6.62. The molecule has 14 nitrogen and oxygen atoms in total. The molecule has 0 fully saturated rings. The van der Waals surface area contributed by atoms with Crippen LogP contribution in [0, 0.1) is 0 Å². The van der Waals surface area contributed by atoms with Gasteiger partial charge in [0.15, 0.2) is 12.0 Å². The first-order chi connectivity index (χ1) is 13.9. The summed E-state index contributed by atoms with van der Waals surface area (Å²) in [5.41, 5.74) is 15.9. The number of aliphatic hydroxyl groups excluding tert-OH is 2. The first-order valence-corrected chi connectivity index (χ1v) is 9.14. The molecule has 0 spiro atoms. The highest BCUT2D eigenvalue weighted by molar-refractivity contribution is 5.92.